The lowest BCUT2D eigenvalue weighted by Gasteiger charge is -2.29. The number of aromatic nitrogens is 2. The molecule has 1 aromatic heterocycles. The molecule has 0 atom stereocenters. The van der Waals surface area contributed by atoms with Crippen LogP contribution in [0, 0.1) is 11.7 Å². The zero-order valence-electron chi connectivity index (χ0n) is 18.4. The van der Waals surface area contributed by atoms with E-state index in [1.54, 1.807) is 18.4 Å². The summed E-state index contributed by atoms with van der Waals surface area (Å²) in [7, 11) is 0. The second-order valence-corrected chi connectivity index (χ2v) is 9.23. The number of rotatable bonds is 7. The summed E-state index contributed by atoms with van der Waals surface area (Å²) in [6, 6.07) is 3.61. The Balaban J connectivity index is 1.66. The second kappa shape index (κ2) is 9.88. The van der Waals surface area contributed by atoms with Crippen molar-refractivity contribution in [2.75, 3.05) is 11.9 Å². The van der Waals surface area contributed by atoms with Gasteiger partial charge in [-0.2, -0.15) is 0 Å². The maximum absolute atomic E-state index is 13.2. The minimum absolute atomic E-state index is 0.00533. The summed E-state index contributed by atoms with van der Waals surface area (Å²) >= 11 is 5.98. The first kappa shape index (κ1) is 24.7. The molecule has 178 valence electrons. The van der Waals surface area contributed by atoms with E-state index >= 15 is 0 Å². The summed E-state index contributed by atoms with van der Waals surface area (Å²) in [6.45, 7) is 3.06. The number of nitrogens with two attached hydrogens (primary N) is 1. The smallest absolute Gasteiger partial charge is 0.272 e. The van der Waals surface area contributed by atoms with Crippen molar-refractivity contribution in [3.05, 3.63) is 46.8 Å². The van der Waals surface area contributed by atoms with Gasteiger partial charge in [0.25, 0.3) is 11.8 Å². The quantitative estimate of drug-likeness (QED) is 0.483. The van der Waals surface area contributed by atoms with Crippen molar-refractivity contribution in [3.63, 3.8) is 0 Å². The molecular weight excluding hydrogens is 453 g/mol. The number of nitrogens with one attached hydrogen (secondary N) is 2. The van der Waals surface area contributed by atoms with E-state index in [1.165, 1.54) is 18.5 Å². The number of benzene rings is 1. The SMILES string of the molecule is CC(C)(O)CNC(=O)c1ncn(C2CCC(C(=O)Nc3ccc(F)cc3Cl)CC2)c1C(N)=O. The Morgan fingerprint density at radius 2 is 1.94 bits per heavy atom. The van der Waals surface area contributed by atoms with Crippen molar-refractivity contribution in [1.29, 1.82) is 0 Å². The number of imidazole rings is 1. The highest BCUT2D eigenvalue weighted by molar-refractivity contribution is 6.33. The van der Waals surface area contributed by atoms with Crippen LogP contribution in [0.5, 0.6) is 0 Å². The zero-order chi connectivity index (χ0) is 24.3. The Bertz CT molecular complexity index is 1060. The van der Waals surface area contributed by atoms with Crippen molar-refractivity contribution in [1.82, 2.24) is 14.9 Å². The van der Waals surface area contributed by atoms with Gasteiger partial charge in [-0.1, -0.05) is 11.6 Å². The van der Waals surface area contributed by atoms with Crippen molar-refractivity contribution in [2.45, 2.75) is 51.2 Å². The fourth-order valence-electron chi connectivity index (χ4n) is 3.87. The zero-order valence-corrected chi connectivity index (χ0v) is 19.2. The molecule has 0 bridgehead atoms. The maximum atomic E-state index is 13.2. The lowest BCUT2D eigenvalue weighted by atomic mass is 9.85. The first-order valence-electron chi connectivity index (χ1n) is 10.6. The largest absolute Gasteiger partial charge is 0.389 e. The molecule has 1 heterocycles. The Morgan fingerprint density at radius 3 is 2.52 bits per heavy atom. The molecule has 1 aliphatic carbocycles. The van der Waals surface area contributed by atoms with Crippen molar-refractivity contribution in [3.8, 4) is 0 Å². The Morgan fingerprint density at radius 1 is 1.27 bits per heavy atom. The molecule has 0 unspecified atom stereocenters. The molecule has 11 heteroatoms. The van der Waals surface area contributed by atoms with Gasteiger partial charge in [0, 0.05) is 18.5 Å². The highest BCUT2D eigenvalue weighted by Crippen LogP contribution is 2.34. The van der Waals surface area contributed by atoms with Gasteiger partial charge in [0.15, 0.2) is 5.69 Å². The number of primary amides is 1. The molecule has 0 spiro atoms. The van der Waals surface area contributed by atoms with Crippen LogP contribution >= 0.6 is 11.6 Å². The van der Waals surface area contributed by atoms with E-state index in [2.05, 4.69) is 15.6 Å². The Kier molecular flexibility index (Phi) is 7.38. The first-order valence-corrected chi connectivity index (χ1v) is 11.0. The van der Waals surface area contributed by atoms with Gasteiger partial charge >= 0.3 is 0 Å². The van der Waals surface area contributed by atoms with Crippen molar-refractivity contribution >= 4 is 35.0 Å². The molecule has 0 radical (unpaired) electrons. The predicted octanol–water partition coefficient (Wildman–Crippen LogP) is 2.65. The van der Waals surface area contributed by atoms with Crippen molar-refractivity contribution in [2.24, 2.45) is 11.7 Å². The van der Waals surface area contributed by atoms with Gasteiger partial charge in [-0.3, -0.25) is 14.4 Å². The molecule has 2 aromatic rings. The molecule has 33 heavy (non-hydrogen) atoms. The average molecular weight is 480 g/mol. The van der Waals surface area contributed by atoms with Gasteiger partial charge < -0.3 is 26.0 Å². The average Bonchev–Trinajstić information content (AvgIpc) is 3.19. The first-order chi connectivity index (χ1) is 15.5. The van der Waals surface area contributed by atoms with Crippen LogP contribution in [0.4, 0.5) is 10.1 Å². The number of carbonyl (C=O) groups is 3. The molecule has 3 amide bonds. The van der Waals surface area contributed by atoms with E-state index in [-0.39, 0.29) is 40.8 Å². The number of hydrogen-bond acceptors (Lipinski definition) is 5. The molecule has 3 rings (SSSR count). The molecule has 1 fully saturated rings. The molecule has 1 aliphatic rings. The Labute approximate surface area is 195 Å². The van der Waals surface area contributed by atoms with E-state index in [9.17, 15) is 23.9 Å². The number of aliphatic hydroxyl groups is 1. The van der Waals surface area contributed by atoms with Gasteiger partial charge in [-0.15, -0.1) is 0 Å². The van der Waals surface area contributed by atoms with E-state index < -0.39 is 23.2 Å². The monoisotopic (exact) mass is 479 g/mol. The standard InChI is InChI=1S/C22H27ClFN5O4/c1-22(2,33)10-26-21(32)17-18(19(25)30)29(11-27-17)14-6-3-12(4-7-14)20(31)28-16-8-5-13(24)9-15(16)23/h5,8-9,11-12,14,33H,3-4,6-7,10H2,1-2H3,(H2,25,30)(H,26,32)(H,28,31). The topological polar surface area (TPSA) is 139 Å². The van der Waals surface area contributed by atoms with Gasteiger partial charge in [-0.25, -0.2) is 9.37 Å². The number of hydrogen-bond donors (Lipinski definition) is 4. The fraction of sp³-hybridized carbons (Fsp3) is 0.455. The molecule has 5 N–H and O–H groups in total. The molecule has 0 aliphatic heterocycles. The number of anilines is 1. The molecule has 1 saturated carbocycles. The number of nitrogens with zero attached hydrogens (tertiary/aromatic N) is 2. The normalized spacial score (nSPS) is 18.6. The molecule has 9 nitrogen and oxygen atoms in total. The van der Waals surface area contributed by atoms with Crippen LogP contribution in [-0.2, 0) is 4.79 Å². The number of halogens is 2. The van der Waals surface area contributed by atoms with Gasteiger partial charge in [-0.05, 0) is 57.7 Å². The summed E-state index contributed by atoms with van der Waals surface area (Å²) in [5.74, 6) is -2.37. The van der Waals surface area contributed by atoms with Crippen LogP contribution in [0.2, 0.25) is 5.02 Å². The Hall–Kier alpha value is -2.98. The third-order valence-electron chi connectivity index (χ3n) is 5.57. The number of carbonyl (C=O) groups excluding carboxylic acids is 3. The van der Waals surface area contributed by atoms with Crippen molar-refractivity contribution < 1.29 is 23.9 Å². The predicted molar refractivity (Wildman–Crippen MR) is 120 cm³/mol. The summed E-state index contributed by atoms with van der Waals surface area (Å²) in [4.78, 5) is 41.3. The maximum Gasteiger partial charge on any atom is 0.272 e. The highest BCUT2D eigenvalue weighted by atomic mass is 35.5. The molecule has 1 aromatic carbocycles. The van der Waals surface area contributed by atoms with E-state index in [4.69, 9.17) is 17.3 Å². The highest BCUT2D eigenvalue weighted by Gasteiger charge is 2.31. The van der Waals surface area contributed by atoms with Gasteiger partial charge in [0.05, 0.1) is 22.6 Å². The summed E-state index contributed by atoms with van der Waals surface area (Å²) in [6.07, 6.45) is 3.60. The molecular formula is C22H27ClFN5O4. The third-order valence-corrected chi connectivity index (χ3v) is 5.89. The summed E-state index contributed by atoms with van der Waals surface area (Å²) in [5, 5.41) is 15.2. The van der Waals surface area contributed by atoms with Gasteiger partial charge in [0.2, 0.25) is 5.91 Å². The van der Waals surface area contributed by atoms with Crippen LogP contribution < -0.4 is 16.4 Å². The lowest BCUT2D eigenvalue weighted by molar-refractivity contribution is -0.121. The van der Waals surface area contributed by atoms with E-state index in [0.717, 1.165) is 6.07 Å². The summed E-state index contributed by atoms with van der Waals surface area (Å²) in [5.41, 5.74) is 4.66. The van der Waals surface area contributed by atoms with Crippen LogP contribution in [0.25, 0.3) is 0 Å². The molecule has 0 saturated heterocycles. The van der Waals surface area contributed by atoms with Gasteiger partial charge in [0.1, 0.15) is 11.5 Å². The van der Waals surface area contributed by atoms with Crippen LogP contribution in [0.15, 0.2) is 24.5 Å². The lowest BCUT2D eigenvalue weighted by Crippen LogP contribution is -2.39. The van der Waals surface area contributed by atoms with Crippen LogP contribution in [-0.4, -0.2) is 44.5 Å². The minimum Gasteiger partial charge on any atom is -0.389 e. The fourth-order valence-corrected chi connectivity index (χ4v) is 4.08. The van der Waals surface area contributed by atoms with Crippen LogP contribution in [0.1, 0.15) is 66.5 Å². The van der Waals surface area contributed by atoms with E-state index in [1.807, 2.05) is 0 Å². The minimum atomic E-state index is -1.12. The van der Waals surface area contributed by atoms with Crippen LogP contribution in [0.3, 0.4) is 0 Å². The third kappa shape index (κ3) is 6.08. The summed E-state index contributed by atoms with van der Waals surface area (Å²) < 4.78 is 14.8. The van der Waals surface area contributed by atoms with E-state index in [0.29, 0.717) is 31.4 Å². The number of amides is 3. The second-order valence-electron chi connectivity index (χ2n) is 8.83.